The zero-order valence-corrected chi connectivity index (χ0v) is 16.7. The molecule has 0 atom stereocenters. The van der Waals surface area contributed by atoms with Crippen LogP contribution in [0.15, 0.2) is 43.0 Å². The smallest absolute Gasteiger partial charge is 0.339 e. The van der Waals surface area contributed by atoms with Crippen molar-refractivity contribution in [1.82, 2.24) is 19.7 Å². The van der Waals surface area contributed by atoms with E-state index in [1.807, 2.05) is 0 Å². The number of ether oxygens (including phenoxy) is 1. The number of nitrogens with zero attached hydrogens (tertiary/aromatic N) is 4. The van der Waals surface area contributed by atoms with Gasteiger partial charge in [0.1, 0.15) is 29.0 Å². The van der Waals surface area contributed by atoms with Crippen LogP contribution in [0.1, 0.15) is 41.6 Å². The number of nitrogens with one attached hydrogen (secondary N) is 1. The number of aromatic nitrogens is 4. The molecule has 3 aromatic rings. The highest BCUT2D eigenvalue weighted by Crippen LogP contribution is 2.49. The number of rotatable bonds is 3. The average Bonchev–Trinajstić information content (AvgIpc) is 3.34. The highest BCUT2D eigenvalue weighted by Gasteiger charge is 2.53. The van der Waals surface area contributed by atoms with Crippen molar-refractivity contribution >= 4 is 17.8 Å². The number of pyridine rings is 1. The van der Waals surface area contributed by atoms with Crippen LogP contribution in [0.5, 0.6) is 5.75 Å². The van der Waals surface area contributed by atoms with E-state index in [-0.39, 0.29) is 43.1 Å². The summed E-state index contributed by atoms with van der Waals surface area (Å²) in [6.07, 6.45) is 4.91. The van der Waals surface area contributed by atoms with Gasteiger partial charge < -0.3 is 14.9 Å². The first-order valence-electron chi connectivity index (χ1n) is 9.92. The van der Waals surface area contributed by atoms with Crippen LogP contribution in [-0.2, 0) is 15.1 Å². The van der Waals surface area contributed by atoms with Crippen LogP contribution in [0.2, 0.25) is 0 Å². The van der Waals surface area contributed by atoms with Crippen LogP contribution in [-0.4, -0.2) is 47.4 Å². The second-order valence-electron chi connectivity index (χ2n) is 7.94. The Hall–Kier alpha value is -3.86. The van der Waals surface area contributed by atoms with E-state index in [0.29, 0.717) is 11.1 Å². The van der Waals surface area contributed by atoms with Gasteiger partial charge in [0.15, 0.2) is 5.82 Å². The number of carbonyl (C=O) groups excluding carboxylic acids is 2. The molecule has 11 heteroatoms. The van der Waals surface area contributed by atoms with Gasteiger partial charge in [-0.2, -0.15) is 4.98 Å². The maximum Gasteiger partial charge on any atom is 0.339 e. The molecule has 1 saturated carbocycles. The van der Waals surface area contributed by atoms with Gasteiger partial charge in [0.05, 0.1) is 5.56 Å². The predicted molar refractivity (Wildman–Crippen MR) is 106 cm³/mol. The molecular formula is C21H18FN5O5. The highest BCUT2D eigenvalue weighted by molar-refractivity contribution is 5.96. The van der Waals surface area contributed by atoms with Crippen molar-refractivity contribution in [3.63, 3.8) is 0 Å². The fourth-order valence-electron chi connectivity index (χ4n) is 4.22. The predicted octanol–water partition coefficient (Wildman–Crippen LogP) is 1.82. The lowest BCUT2D eigenvalue weighted by Gasteiger charge is -2.39. The molecule has 1 spiro atoms. The monoisotopic (exact) mass is 439 g/mol. The van der Waals surface area contributed by atoms with Crippen LogP contribution in [0, 0.1) is 5.82 Å². The number of fused-ring (bicyclic) bond motifs is 2. The zero-order valence-electron chi connectivity index (χ0n) is 16.7. The van der Waals surface area contributed by atoms with E-state index in [9.17, 15) is 24.2 Å². The number of amides is 1. The third-order valence-electron chi connectivity index (χ3n) is 6.02. The fraction of sp³-hybridized carbons (Fsp3) is 0.286. The first kappa shape index (κ1) is 20.1. The second kappa shape index (κ2) is 7.09. The number of anilines is 1. The number of esters is 1. The third-order valence-corrected chi connectivity index (χ3v) is 6.02. The van der Waals surface area contributed by atoms with Crippen LogP contribution in [0.3, 0.4) is 0 Å². The normalized spacial score (nSPS) is 24.2. The van der Waals surface area contributed by atoms with Crippen molar-refractivity contribution in [2.75, 3.05) is 5.32 Å². The minimum absolute atomic E-state index is 0.0319. The minimum atomic E-state index is -1.71. The van der Waals surface area contributed by atoms with E-state index in [0.717, 1.165) is 10.7 Å². The van der Waals surface area contributed by atoms with Gasteiger partial charge >= 0.3 is 5.97 Å². The van der Waals surface area contributed by atoms with E-state index in [1.54, 1.807) is 12.3 Å². The molecule has 10 nitrogen and oxygen atoms in total. The fourth-order valence-corrected chi connectivity index (χ4v) is 4.22. The summed E-state index contributed by atoms with van der Waals surface area (Å²) in [5, 5.41) is 26.7. The van der Waals surface area contributed by atoms with E-state index in [1.165, 1.54) is 24.7 Å². The van der Waals surface area contributed by atoms with Crippen molar-refractivity contribution in [3.8, 4) is 11.4 Å². The molecule has 3 heterocycles. The molecule has 2 aromatic heterocycles. The Balaban J connectivity index is 1.29. The summed E-state index contributed by atoms with van der Waals surface area (Å²) in [5.74, 6) is -2.20. The molecule has 0 bridgehead atoms. The van der Waals surface area contributed by atoms with Gasteiger partial charge in [-0.15, -0.1) is 5.10 Å². The number of benzene rings is 1. The summed E-state index contributed by atoms with van der Waals surface area (Å²) in [7, 11) is 0. The highest BCUT2D eigenvalue weighted by atomic mass is 19.1. The summed E-state index contributed by atoms with van der Waals surface area (Å²) < 4.78 is 20.7. The molecule has 2 aliphatic rings. The molecule has 32 heavy (non-hydrogen) atoms. The molecule has 0 radical (unpaired) electrons. The summed E-state index contributed by atoms with van der Waals surface area (Å²) in [5.41, 5.74) is -1.46. The van der Waals surface area contributed by atoms with Gasteiger partial charge in [0, 0.05) is 24.0 Å². The van der Waals surface area contributed by atoms with Crippen molar-refractivity contribution in [2.45, 2.75) is 36.9 Å². The largest absolute Gasteiger partial charge is 0.508 e. The summed E-state index contributed by atoms with van der Waals surface area (Å²) in [4.78, 5) is 33.0. The molecule has 1 aromatic carbocycles. The zero-order chi connectivity index (χ0) is 22.5. The van der Waals surface area contributed by atoms with Gasteiger partial charge in [0.25, 0.3) is 5.91 Å². The van der Waals surface area contributed by atoms with Gasteiger partial charge in [-0.05, 0) is 43.9 Å². The lowest BCUT2D eigenvalue weighted by molar-refractivity contribution is -0.144. The molecule has 1 amide bonds. The topological polar surface area (TPSA) is 139 Å². The number of carbonyl (C=O) groups is 2. The lowest BCUT2D eigenvalue weighted by atomic mass is 9.73. The lowest BCUT2D eigenvalue weighted by Crippen LogP contribution is -2.49. The summed E-state index contributed by atoms with van der Waals surface area (Å²) in [6.45, 7) is 0. The van der Waals surface area contributed by atoms with Crippen LogP contribution in [0.25, 0.3) is 5.69 Å². The Morgan fingerprint density at radius 3 is 2.75 bits per heavy atom. The third kappa shape index (κ3) is 3.17. The maximum atomic E-state index is 14.0. The number of hydrogen-bond donors (Lipinski definition) is 3. The molecule has 164 valence electrons. The number of phenols is 1. The Morgan fingerprint density at radius 1 is 1.22 bits per heavy atom. The average molecular weight is 439 g/mol. The SMILES string of the molecule is O=C1OC2(CCC(O)(C(=O)Nc3ncn(-c4ccc(O)cc4F)n3)CC2)c2cnccc21. The van der Waals surface area contributed by atoms with Crippen molar-refractivity contribution in [3.05, 3.63) is 59.9 Å². The molecule has 1 fully saturated rings. The van der Waals surface area contributed by atoms with Gasteiger partial charge in [-0.1, -0.05) is 0 Å². The van der Waals surface area contributed by atoms with E-state index < -0.39 is 28.9 Å². The Morgan fingerprint density at radius 2 is 2.00 bits per heavy atom. The van der Waals surface area contributed by atoms with Crippen LogP contribution in [0.4, 0.5) is 10.3 Å². The Kier molecular flexibility index (Phi) is 4.45. The molecular weight excluding hydrogens is 421 g/mol. The number of hydrogen-bond acceptors (Lipinski definition) is 8. The van der Waals surface area contributed by atoms with Crippen molar-refractivity contribution in [1.29, 1.82) is 0 Å². The van der Waals surface area contributed by atoms with Crippen molar-refractivity contribution < 1.29 is 28.9 Å². The number of phenolic OH excluding ortho intramolecular Hbond substituents is 1. The number of aromatic hydroxyl groups is 1. The van der Waals surface area contributed by atoms with Crippen LogP contribution >= 0.6 is 0 Å². The van der Waals surface area contributed by atoms with Gasteiger partial charge in [-0.25, -0.2) is 13.9 Å². The first-order chi connectivity index (χ1) is 15.3. The number of halogens is 1. The molecule has 3 N–H and O–H groups in total. The quantitative estimate of drug-likeness (QED) is 0.525. The first-order valence-corrected chi connectivity index (χ1v) is 9.92. The molecule has 5 rings (SSSR count). The Bertz CT molecular complexity index is 1230. The summed E-state index contributed by atoms with van der Waals surface area (Å²) >= 11 is 0. The van der Waals surface area contributed by atoms with Crippen molar-refractivity contribution in [2.24, 2.45) is 0 Å². The van der Waals surface area contributed by atoms with E-state index >= 15 is 0 Å². The second-order valence-corrected chi connectivity index (χ2v) is 7.94. The maximum absolute atomic E-state index is 14.0. The standard InChI is InChI=1S/C21H18FN5O5/c22-15-9-12(28)1-2-16(15)27-11-24-19(26-27)25-18(30)20(31)4-6-21(7-5-20)14-10-23-8-3-13(14)17(29)32-21/h1-3,8-11,28,31H,4-7H2,(H,25,26,30). The molecule has 1 aliphatic heterocycles. The van der Waals surface area contributed by atoms with E-state index in [2.05, 4.69) is 20.4 Å². The number of aliphatic hydroxyl groups is 1. The molecule has 0 unspecified atom stereocenters. The molecule has 1 aliphatic carbocycles. The van der Waals surface area contributed by atoms with Gasteiger partial charge in [-0.3, -0.25) is 15.1 Å². The van der Waals surface area contributed by atoms with E-state index in [4.69, 9.17) is 4.74 Å². The molecule has 0 saturated heterocycles. The van der Waals surface area contributed by atoms with Crippen LogP contribution < -0.4 is 5.32 Å². The Labute approximate surface area is 180 Å². The van der Waals surface area contributed by atoms with Gasteiger partial charge in [0.2, 0.25) is 5.95 Å². The summed E-state index contributed by atoms with van der Waals surface area (Å²) in [6, 6.07) is 5.13. The minimum Gasteiger partial charge on any atom is -0.508 e.